The lowest BCUT2D eigenvalue weighted by atomic mass is 10.3. The van der Waals surface area contributed by atoms with Gasteiger partial charge in [-0.05, 0) is 25.1 Å². The van der Waals surface area contributed by atoms with Crippen molar-refractivity contribution in [1.82, 2.24) is 0 Å². The average Bonchev–Trinajstić information content (AvgIpc) is 2.06. The van der Waals surface area contributed by atoms with Crippen molar-refractivity contribution in [3.8, 4) is 5.75 Å². The maximum Gasteiger partial charge on any atom is 0.126 e. The Morgan fingerprint density at radius 2 is 2.00 bits per heavy atom. The van der Waals surface area contributed by atoms with Crippen LogP contribution in [0.1, 0.15) is 6.92 Å². The van der Waals surface area contributed by atoms with Crippen molar-refractivity contribution in [3.05, 3.63) is 54.8 Å². The van der Waals surface area contributed by atoms with E-state index in [9.17, 15) is 0 Å². The van der Waals surface area contributed by atoms with Gasteiger partial charge in [0.25, 0.3) is 0 Å². The molecule has 0 heterocycles. The van der Waals surface area contributed by atoms with Crippen molar-refractivity contribution < 1.29 is 4.74 Å². The van der Waals surface area contributed by atoms with Crippen molar-refractivity contribution in [2.24, 2.45) is 0 Å². The van der Waals surface area contributed by atoms with Gasteiger partial charge in [-0.15, -0.1) is 0 Å². The van der Waals surface area contributed by atoms with Crippen LogP contribution in [-0.2, 0) is 0 Å². The lowest BCUT2D eigenvalue weighted by molar-refractivity contribution is 0.428. The van der Waals surface area contributed by atoms with Crippen LogP contribution in [0.5, 0.6) is 5.75 Å². The van der Waals surface area contributed by atoms with E-state index >= 15 is 0 Å². The Hall–Kier alpha value is -1.50. The van der Waals surface area contributed by atoms with E-state index in [-0.39, 0.29) is 0 Å². The summed E-state index contributed by atoms with van der Waals surface area (Å²) in [5, 5.41) is 0. The van der Waals surface area contributed by atoms with Gasteiger partial charge in [-0.25, -0.2) is 0 Å². The second-order valence-electron chi connectivity index (χ2n) is 2.43. The van der Waals surface area contributed by atoms with Crippen LogP contribution in [-0.4, -0.2) is 0 Å². The molecule has 0 saturated heterocycles. The van der Waals surface area contributed by atoms with E-state index in [2.05, 4.69) is 6.58 Å². The molecule has 1 rings (SSSR count). The molecule has 1 heteroatoms. The van der Waals surface area contributed by atoms with Crippen LogP contribution in [0.15, 0.2) is 54.8 Å². The van der Waals surface area contributed by atoms with Crippen molar-refractivity contribution >= 4 is 0 Å². The third-order valence-corrected chi connectivity index (χ3v) is 1.37. The predicted molar refractivity (Wildman–Crippen MR) is 51.0 cm³/mol. The summed E-state index contributed by atoms with van der Waals surface area (Å²) in [7, 11) is 0. The second-order valence-corrected chi connectivity index (χ2v) is 2.43. The summed E-state index contributed by atoms with van der Waals surface area (Å²) in [6, 6.07) is 9.67. The van der Waals surface area contributed by atoms with Gasteiger partial charge >= 0.3 is 0 Å². The summed E-state index contributed by atoms with van der Waals surface area (Å²) in [6.07, 6.45) is 3.53. The van der Waals surface area contributed by atoms with Crippen molar-refractivity contribution in [2.75, 3.05) is 0 Å². The van der Waals surface area contributed by atoms with E-state index in [4.69, 9.17) is 4.74 Å². The molecule has 62 valence electrons. The largest absolute Gasteiger partial charge is 0.462 e. The van der Waals surface area contributed by atoms with Gasteiger partial charge in [-0.1, -0.05) is 30.9 Å². The SMILES string of the molecule is C=C/C=C(\C)Oc1ccccc1. The molecule has 0 spiro atoms. The lowest BCUT2D eigenvalue weighted by Crippen LogP contribution is -1.88. The molecular formula is C11H12O. The third-order valence-electron chi connectivity index (χ3n) is 1.37. The van der Waals surface area contributed by atoms with Crippen molar-refractivity contribution in [1.29, 1.82) is 0 Å². The van der Waals surface area contributed by atoms with Gasteiger partial charge in [0.2, 0.25) is 0 Å². The lowest BCUT2D eigenvalue weighted by Gasteiger charge is -2.03. The van der Waals surface area contributed by atoms with Gasteiger partial charge in [0.15, 0.2) is 0 Å². The van der Waals surface area contributed by atoms with Gasteiger partial charge in [0, 0.05) is 0 Å². The first-order chi connectivity index (χ1) is 5.83. The van der Waals surface area contributed by atoms with Crippen LogP contribution in [0.4, 0.5) is 0 Å². The van der Waals surface area contributed by atoms with Crippen LogP contribution >= 0.6 is 0 Å². The minimum Gasteiger partial charge on any atom is -0.462 e. The number of rotatable bonds is 3. The van der Waals surface area contributed by atoms with E-state index in [1.165, 1.54) is 0 Å². The Kier molecular flexibility index (Phi) is 3.15. The first kappa shape index (κ1) is 8.60. The number of benzene rings is 1. The number of ether oxygens (including phenoxy) is 1. The molecule has 0 amide bonds. The summed E-state index contributed by atoms with van der Waals surface area (Å²) in [5.41, 5.74) is 0. The fourth-order valence-electron chi connectivity index (χ4n) is 0.874. The fourth-order valence-corrected chi connectivity index (χ4v) is 0.874. The molecule has 0 bridgehead atoms. The van der Waals surface area contributed by atoms with Gasteiger partial charge in [0.1, 0.15) is 11.5 Å². The average molecular weight is 160 g/mol. The van der Waals surface area contributed by atoms with Gasteiger partial charge in [-0.2, -0.15) is 0 Å². The molecule has 0 N–H and O–H groups in total. The predicted octanol–water partition coefficient (Wildman–Crippen LogP) is 3.16. The van der Waals surface area contributed by atoms with E-state index in [1.807, 2.05) is 43.3 Å². The van der Waals surface area contributed by atoms with E-state index in [0.717, 1.165) is 11.5 Å². The Morgan fingerprint density at radius 3 is 2.58 bits per heavy atom. The number of allylic oxidation sites excluding steroid dienone is 3. The molecule has 0 aliphatic rings. The highest BCUT2D eigenvalue weighted by Gasteiger charge is 1.90. The van der Waals surface area contributed by atoms with E-state index in [0.29, 0.717) is 0 Å². The third kappa shape index (κ3) is 2.62. The topological polar surface area (TPSA) is 9.23 Å². The molecule has 0 saturated carbocycles. The highest BCUT2D eigenvalue weighted by molar-refractivity contribution is 5.23. The molecule has 12 heavy (non-hydrogen) atoms. The van der Waals surface area contributed by atoms with Crippen LogP contribution < -0.4 is 4.74 Å². The second kappa shape index (κ2) is 4.39. The molecule has 1 aromatic rings. The summed E-state index contributed by atoms with van der Waals surface area (Å²) in [6.45, 7) is 5.48. The molecule has 0 aliphatic carbocycles. The monoisotopic (exact) mass is 160 g/mol. The number of hydrogen-bond donors (Lipinski definition) is 0. The first-order valence-corrected chi connectivity index (χ1v) is 3.85. The highest BCUT2D eigenvalue weighted by Crippen LogP contribution is 2.11. The fraction of sp³-hybridized carbons (Fsp3) is 0.0909. The molecule has 1 aromatic carbocycles. The van der Waals surface area contributed by atoms with Gasteiger partial charge in [0.05, 0.1) is 0 Å². The summed E-state index contributed by atoms with van der Waals surface area (Å²) >= 11 is 0. The Bertz CT molecular complexity index is 272. The van der Waals surface area contributed by atoms with E-state index < -0.39 is 0 Å². The summed E-state index contributed by atoms with van der Waals surface area (Å²) in [5.74, 6) is 1.70. The van der Waals surface area contributed by atoms with Crippen LogP contribution in [0, 0.1) is 0 Å². The zero-order chi connectivity index (χ0) is 8.81. The molecule has 0 unspecified atom stereocenters. The zero-order valence-electron chi connectivity index (χ0n) is 7.16. The normalized spacial score (nSPS) is 10.9. The standard InChI is InChI=1S/C11H12O/c1-3-7-10(2)12-11-8-5-4-6-9-11/h3-9H,1H2,2H3/b10-7+. The molecule has 0 aliphatic heterocycles. The molecule has 0 fully saturated rings. The van der Waals surface area contributed by atoms with Crippen molar-refractivity contribution in [3.63, 3.8) is 0 Å². The summed E-state index contributed by atoms with van der Waals surface area (Å²) < 4.78 is 5.44. The zero-order valence-corrected chi connectivity index (χ0v) is 7.16. The molecule has 0 aromatic heterocycles. The minimum atomic E-state index is 0.844. The molecular weight excluding hydrogens is 148 g/mol. The summed E-state index contributed by atoms with van der Waals surface area (Å²) in [4.78, 5) is 0. The molecule has 0 radical (unpaired) electrons. The van der Waals surface area contributed by atoms with Crippen LogP contribution in [0.2, 0.25) is 0 Å². The highest BCUT2D eigenvalue weighted by atomic mass is 16.5. The number of para-hydroxylation sites is 1. The molecule has 1 nitrogen and oxygen atoms in total. The quantitative estimate of drug-likeness (QED) is 0.487. The maximum absolute atomic E-state index is 5.44. The Morgan fingerprint density at radius 1 is 1.33 bits per heavy atom. The van der Waals surface area contributed by atoms with E-state index in [1.54, 1.807) is 6.08 Å². The van der Waals surface area contributed by atoms with Gasteiger partial charge < -0.3 is 4.74 Å². The Balaban J connectivity index is 2.64. The minimum absolute atomic E-state index is 0.844. The van der Waals surface area contributed by atoms with Gasteiger partial charge in [-0.3, -0.25) is 0 Å². The van der Waals surface area contributed by atoms with Crippen molar-refractivity contribution in [2.45, 2.75) is 6.92 Å². The Labute approximate surface area is 73.0 Å². The first-order valence-electron chi connectivity index (χ1n) is 3.85. The van der Waals surface area contributed by atoms with Crippen LogP contribution in [0.25, 0.3) is 0 Å². The van der Waals surface area contributed by atoms with Crippen LogP contribution in [0.3, 0.4) is 0 Å². The smallest absolute Gasteiger partial charge is 0.126 e. The number of hydrogen-bond acceptors (Lipinski definition) is 1. The molecule has 0 atom stereocenters. The maximum atomic E-state index is 5.44.